The number of fused-ring (bicyclic) bond motifs is 2. The fourth-order valence-corrected chi connectivity index (χ4v) is 6.26. The molecule has 5 atom stereocenters. The van der Waals surface area contributed by atoms with Gasteiger partial charge in [-0.1, -0.05) is 30.3 Å². The number of carbonyl (C=O) groups is 2. The normalized spacial score (nSPS) is 43.8. The molecule has 4 saturated carbocycles. The molecule has 5 rings (SSSR count). The molecular weight excluding hydrogens is 276 g/mol. The summed E-state index contributed by atoms with van der Waals surface area (Å²) in [6.45, 7) is 0.351. The number of rotatable bonds is 3. The predicted molar refractivity (Wildman–Crippen MR) is 79.7 cm³/mol. The summed E-state index contributed by atoms with van der Waals surface area (Å²) in [6, 6.07) is 9.85. The van der Waals surface area contributed by atoms with Gasteiger partial charge in [-0.15, -0.1) is 0 Å². The second-order valence-corrected chi connectivity index (χ2v) is 7.85. The van der Waals surface area contributed by atoms with Gasteiger partial charge in [0, 0.05) is 11.8 Å². The summed E-state index contributed by atoms with van der Waals surface area (Å²) in [5.41, 5.74) is 0.809. The Morgan fingerprint density at radius 2 is 1.86 bits per heavy atom. The maximum absolute atomic E-state index is 12.9. The van der Waals surface area contributed by atoms with Crippen LogP contribution in [0, 0.1) is 28.6 Å². The van der Waals surface area contributed by atoms with Gasteiger partial charge in [-0.25, -0.2) is 0 Å². The Morgan fingerprint density at radius 3 is 2.68 bits per heavy atom. The van der Waals surface area contributed by atoms with Crippen LogP contribution < -0.4 is 0 Å². The van der Waals surface area contributed by atoms with Crippen LogP contribution in [0.15, 0.2) is 30.3 Å². The van der Waals surface area contributed by atoms with Crippen molar-refractivity contribution in [2.45, 2.75) is 38.7 Å². The summed E-state index contributed by atoms with van der Waals surface area (Å²) in [4.78, 5) is 25.3. The largest absolute Gasteiger partial charge is 0.460 e. The van der Waals surface area contributed by atoms with Crippen LogP contribution in [0.25, 0.3) is 0 Å². The molecule has 4 aliphatic rings. The minimum absolute atomic E-state index is 0.0366. The van der Waals surface area contributed by atoms with Gasteiger partial charge in [0.2, 0.25) is 0 Å². The van der Waals surface area contributed by atoms with E-state index in [0.717, 1.165) is 37.7 Å². The maximum Gasteiger partial charge on any atom is 0.313 e. The third-order valence-electron chi connectivity index (χ3n) is 7.12. The second kappa shape index (κ2) is 4.01. The Morgan fingerprint density at radius 1 is 1.09 bits per heavy atom. The Kier molecular flexibility index (Phi) is 2.34. The Bertz CT molecular complexity index is 663. The lowest BCUT2D eigenvalue weighted by atomic mass is 9.46. The van der Waals surface area contributed by atoms with E-state index in [4.69, 9.17) is 4.74 Å². The molecule has 0 aromatic heterocycles. The molecule has 4 aliphatic carbocycles. The molecule has 114 valence electrons. The lowest BCUT2D eigenvalue weighted by molar-refractivity contribution is -0.187. The summed E-state index contributed by atoms with van der Waals surface area (Å²) < 4.78 is 5.69. The van der Waals surface area contributed by atoms with E-state index in [-0.39, 0.29) is 28.6 Å². The highest BCUT2D eigenvalue weighted by Gasteiger charge is 2.79. The number of esters is 1. The van der Waals surface area contributed by atoms with Gasteiger partial charge in [0.05, 0.1) is 5.41 Å². The van der Waals surface area contributed by atoms with Gasteiger partial charge in [0.25, 0.3) is 0 Å². The molecule has 1 spiro atoms. The Labute approximate surface area is 130 Å². The summed E-state index contributed by atoms with van der Waals surface area (Å²) >= 11 is 0. The average Bonchev–Trinajstić information content (AvgIpc) is 2.92. The third-order valence-corrected chi connectivity index (χ3v) is 7.12. The molecule has 3 nitrogen and oxygen atoms in total. The highest BCUT2D eigenvalue weighted by atomic mass is 16.5. The SMILES string of the molecule is O=C1C2CC3CC4(C(=O)OCc5ccccc5)CC1CC34C2. The average molecular weight is 296 g/mol. The molecule has 0 radical (unpaired) electrons. The van der Waals surface area contributed by atoms with E-state index in [1.165, 1.54) is 0 Å². The first kappa shape index (κ1) is 12.9. The van der Waals surface area contributed by atoms with Crippen LogP contribution in [0.5, 0.6) is 0 Å². The van der Waals surface area contributed by atoms with Crippen LogP contribution in [0.2, 0.25) is 0 Å². The lowest BCUT2D eigenvalue weighted by Gasteiger charge is -2.56. The molecule has 1 aromatic rings. The fourth-order valence-electron chi connectivity index (χ4n) is 6.26. The highest BCUT2D eigenvalue weighted by Crippen LogP contribution is 2.80. The monoisotopic (exact) mass is 296 g/mol. The van der Waals surface area contributed by atoms with Gasteiger partial charge in [0.15, 0.2) is 0 Å². The Hall–Kier alpha value is -1.64. The van der Waals surface area contributed by atoms with E-state index in [0.29, 0.717) is 18.3 Å². The molecule has 5 unspecified atom stereocenters. The predicted octanol–water partition coefficient (Wildman–Crippen LogP) is 3.13. The van der Waals surface area contributed by atoms with Gasteiger partial charge in [-0.05, 0) is 49.0 Å². The van der Waals surface area contributed by atoms with Crippen molar-refractivity contribution in [3.63, 3.8) is 0 Å². The molecular formula is C19H20O3. The van der Waals surface area contributed by atoms with E-state index < -0.39 is 0 Å². The first-order valence-electron chi connectivity index (χ1n) is 8.40. The van der Waals surface area contributed by atoms with Crippen molar-refractivity contribution in [2.75, 3.05) is 0 Å². The van der Waals surface area contributed by atoms with Crippen molar-refractivity contribution in [2.24, 2.45) is 28.6 Å². The van der Waals surface area contributed by atoms with Gasteiger partial charge < -0.3 is 4.74 Å². The summed E-state index contributed by atoms with van der Waals surface area (Å²) in [5, 5.41) is 0. The number of ether oxygens (including phenoxy) is 1. The van der Waals surface area contributed by atoms with E-state index >= 15 is 0 Å². The molecule has 0 N–H and O–H groups in total. The molecule has 0 heterocycles. The minimum Gasteiger partial charge on any atom is -0.460 e. The summed E-state index contributed by atoms with van der Waals surface area (Å²) in [7, 11) is 0. The van der Waals surface area contributed by atoms with Crippen LogP contribution >= 0.6 is 0 Å². The van der Waals surface area contributed by atoms with Gasteiger partial charge in [-0.3, -0.25) is 9.59 Å². The topological polar surface area (TPSA) is 43.4 Å². The number of ketones is 1. The van der Waals surface area contributed by atoms with Crippen molar-refractivity contribution in [1.29, 1.82) is 0 Å². The Balaban J connectivity index is 1.40. The number of Topliss-reactive ketones (excluding diaryl/α,β-unsaturated/α-hetero) is 1. The number of hydrogen-bond donors (Lipinski definition) is 0. The van der Waals surface area contributed by atoms with E-state index in [2.05, 4.69) is 0 Å². The molecule has 0 saturated heterocycles. The van der Waals surface area contributed by atoms with Crippen LogP contribution in [-0.4, -0.2) is 11.8 Å². The molecule has 3 bridgehead atoms. The van der Waals surface area contributed by atoms with Gasteiger partial charge in [-0.2, -0.15) is 0 Å². The molecule has 1 aromatic carbocycles. The van der Waals surface area contributed by atoms with Crippen molar-refractivity contribution in [1.82, 2.24) is 0 Å². The first-order chi connectivity index (χ1) is 10.6. The summed E-state index contributed by atoms with van der Waals surface area (Å²) in [6.07, 6.45) is 4.65. The van der Waals surface area contributed by atoms with E-state index in [1.54, 1.807) is 0 Å². The molecule has 4 fully saturated rings. The smallest absolute Gasteiger partial charge is 0.313 e. The van der Waals surface area contributed by atoms with E-state index in [9.17, 15) is 9.59 Å². The minimum atomic E-state index is -0.335. The maximum atomic E-state index is 12.9. The molecule has 3 heteroatoms. The number of hydrogen-bond acceptors (Lipinski definition) is 3. The quantitative estimate of drug-likeness (QED) is 0.805. The van der Waals surface area contributed by atoms with Crippen molar-refractivity contribution < 1.29 is 14.3 Å². The van der Waals surface area contributed by atoms with Crippen molar-refractivity contribution >= 4 is 11.8 Å². The third kappa shape index (κ3) is 1.34. The zero-order chi connectivity index (χ0) is 14.9. The van der Waals surface area contributed by atoms with Crippen LogP contribution in [0.4, 0.5) is 0 Å². The second-order valence-electron chi connectivity index (χ2n) is 7.85. The standard InChI is InChI=1S/C19H20O3/c20-16-13-6-15-10-19(9-14(16)8-18(15,19)7-13)17(21)22-11-12-4-2-1-3-5-12/h1-5,13-15H,6-11H2. The van der Waals surface area contributed by atoms with Gasteiger partial charge in [0.1, 0.15) is 12.4 Å². The van der Waals surface area contributed by atoms with E-state index in [1.807, 2.05) is 30.3 Å². The zero-order valence-corrected chi connectivity index (χ0v) is 12.6. The highest BCUT2D eigenvalue weighted by molar-refractivity contribution is 5.91. The van der Waals surface area contributed by atoms with Crippen molar-refractivity contribution in [3.8, 4) is 0 Å². The zero-order valence-electron chi connectivity index (χ0n) is 12.6. The number of benzene rings is 1. The summed E-state index contributed by atoms with van der Waals surface area (Å²) in [5.74, 6) is 1.38. The van der Waals surface area contributed by atoms with Gasteiger partial charge >= 0.3 is 5.97 Å². The molecule has 22 heavy (non-hydrogen) atoms. The molecule has 0 amide bonds. The first-order valence-corrected chi connectivity index (χ1v) is 8.40. The van der Waals surface area contributed by atoms with Crippen LogP contribution in [0.3, 0.4) is 0 Å². The van der Waals surface area contributed by atoms with Crippen LogP contribution in [-0.2, 0) is 20.9 Å². The van der Waals surface area contributed by atoms with Crippen LogP contribution in [0.1, 0.15) is 37.7 Å². The number of carbonyl (C=O) groups excluding carboxylic acids is 2. The molecule has 0 aliphatic heterocycles. The van der Waals surface area contributed by atoms with Crippen molar-refractivity contribution in [3.05, 3.63) is 35.9 Å². The fraction of sp³-hybridized carbons (Fsp3) is 0.579. The lowest BCUT2D eigenvalue weighted by Crippen LogP contribution is -2.57.